The number of aromatic hydroxyl groups is 2. The summed E-state index contributed by atoms with van der Waals surface area (Å²) in [4.78, 5) is 11.2. The van der Waals surface area contributed by atoms with Crippen molar-refractivity contribution < 1.29 is 20.1 Å². The lowest BCUT2D eigenvalue weighted by atomic mass is 9.67. The molecule has 0 spiro atoms. The minimum Gasteiger partial charge on any atom is -0.508 e. The van der Waals surface area contributed by atoms with Crippen LogP contribution in [0.5, 0.6) is 11.5 Å². The van der Waals surface area contributed by atoms with Gasteiger partial charge in [0, 0.05) is 11.8 Å². The highest BCUT2D eigenvalue weighted by Crippen LogP contribution is 2.43. The molecule has 0 aliphatic carbocycles. The van der Waals surface area contributed by atoms with Gasteiger partial charge in [-0.15, -0.1) is 0 Å². The molecule has 0 aliphatic rings. The van der Waals surface area contributed by atoms with E-state index in [1.54, 1.807) is 24.3 Å². The van der Waals surface area contributed by atoms with Gasteiger partial charge in [-0.3, -0.25) is 4.79 Å². The molecular weight excluding hydrogens is 304 g/mol. The Labute approximate surface area is 142 Å². The Morgan fingerprint density at radius 1 is 0.917 bits per heavy atom. The number of rotatable bonds is 7. The molecule has 2 aromatic rings. The predicted molar refractivity (Wildman–Crippen MR) is 93.3 cm³/mol. The van der Waals surface area contributed by atoms with Gasteiger partial charge in [0.15, 0.2) is 0 Å². The molecule has 0 atom stereocenters. The van der Waals surface area contributed by atoms with E-state index in [4.69, 9.17) is 0 Å². The van der Waals surface area contributed by atoms with Gasteiger partial charge in [0.25, 0.3) is 0 Å². The summed E-state index contributed by atoms with van der Waals surface area (Å²) in [6, 6.07) is 13.9. The third-order valence-electron chi connectivity index (χ3n) is 4.36. The number of phenolic OH excluding ortho intramolecular Hbond substituents is 2. The van der Waals surface area contributed by atoms with E-state index in [0.29, 0.717) is 12.3 Å². The lowest BCUT2D eigenvalue weighted by Gasteiger charge is -2.37. The topological polar surface area (TPSA) is 77.8 Å². The molecular formula is C20H24O4. The van der Waals surface area contributed by atoms with Crippen molar-refractivity contribution in [1.29, 1.82) is 0 Å². The second-order valence-corrected chi connectivity index (χ2v) is 6.67. The standard InChI is InChI=1S/C20H24O4/c1-14(2)13-20(12-11-19(23)24,15-3-7-17(21)8-4-15)16-5-9-18(22)10-6-16/h3-10,14,21-22H,11-13H2,1-2H3,(H,23,24). The number of hydrogen-bond donors (Lipinski definition) is 3. The first-order chi connectivity index (χ1) is 11.3. The van der Waals surface area contributed by atoms with Crippen molar-refractivity contribution in [3.8, 4) is 11.5 Å². The maximum absolute atomic E-state index is 11.2. The Balaban J connectivity index is 2.59. The summed E-state index contributed by atoms with van der Waals surface area (Å²) < 4.78 is 0. The van der Waals surface area contributed by atoms with E-state index in [1.165, 1.54) is 0 Å². The number of carboxylic acids is 1. The zero-order valence-electron chi connectivity index (χ0n) is 14.1. The van der Waals surface area contributed by atoms with Crippen LogP contribution in [0.4, 0.5) is 0 Å². The molecule has 0 saturated heterocycles. The summed E-state index contributed by atoms with van der Waals surface area (Å²) in [5.74, 6) is -0.121. The molecule has 0 heterocycles. The van der Waals surface area contributed by atoms with Crippen LogP contribution in [0, 0.1) is 5.92 Å². The molecule has 0 bridgehead atoms. The summed E-state index contributed by atoms with van der Waals surface area (Å²) in [5, 5.41) is 28.4. The number of hydrogen-bond acceptors (Lipinski definition) is 3. The number of carboxylic acid groups (broad SMARTS) is 1. The van der Waals surface area contributed by atoms with Gasteiger partial charge in [0.2, 0.25) is 0 Å². The van der Waals surface area contributed by atoms with Crippen LogP contribution < -0.4 is 0 Å². The fourth-order valence-corrected chi connectivity index (χ4v) is 3.37. The average Bonchev–Trinajstić information content (AvgIpc) is 2.52. The molecule has 128 valence electrons. The highest BCUT2D eigenvalue weighted by Gasteiger charge is 2.35. The lowest BCUT2D eigenvalue weighted by Crippen LogP contribution is -2.30. The first kappa shape index (κ1) is 17.9. The lowest BCUT2D eigenvalue weighted by molar-refractivity contribution is -0.137. The highest BCUT2D eigenvalue weighted by atomic mass is 16.4. The van der Waals surface area contributed by atoms with Gasteiger partial charge in [0.1, 0.15) is 11.5 Å². The summed E-state index contributed by atoms with van der Waals surface area (Å²) in [6.45, 7) is 4.21. The van der Waals surface area contributed by atoms with Gasteiger partial charge >= 0.3 is 5.97 Å². The quantitative estimate of drug-likeness (QED) is 0.708. The van der Waals surface area contributed by atoms with E-state index in [9.17, 15) is 20.1 Å². The molecule has 24 heavy (non-hydrogen) atoms. The Hall–Kier alpha value is -2.49. The van der Waals surface area contributed by atoms with E-state index < -0.39 is 11.4 Å². The van der Waals surface area contributed by atoms with Crippen molar-refractivity contribution in [3.63, 3.8) is 0 Å². The summed E-state index contributed by atoms with van der Waals surface area (Å²) in [7, 11) is 0. The number of carbonyl (C=O) groups is 1. The zero-order valence-corrected chi connectivity index (χ0v) is 14.1. The molecule has 0 saturated carbocycles. The highest BCUT2D eigenvalue weighted by molar-refractivity contribution is 5.67. The molecule has 3 N–H and O–H groups in total. The first-order valence-corrected chi connectivity index (χ1v) is 8.14. The zero-order chi connectivity index (χ0) is 17.7. The largest absolute Gasteiger partial charge is 0.508 e. The molecule has 0 aromatic heterocycles. The third-order valence-corrected chi connectivity index (χ3v) is 4.36. The van der Waals surface area contributed by atoms with Gasteiger partial charge in [-0.25, -0.2) is 0 Å². The van der Waals surface area contributed by atoms with Crippen molar-refractivity contribution in [1.82, 2.24) is 0 Å². The van der Waals surface area contributed by atoms with Crippen LogP contribution in [0.1, 0.15) is 44.2 Å². The normalized spacial score (nSPS) is 11.6. The first-order valence-electron chi connectivity index (χ1n) is 8.14. The van der Waals surface area contributed by atoms with E-state index in [0.717, 1.165) is 17.5 Å². The molecule has 0 radical (unpaired) electrons. The molecule has 2 aromatic carbocycles. The SMILES string of the molecule is CC(C)CC(CCC(=O)O)(c1ccc(O)cc1)c1ccc(O)cc1. The van der Waals surface area contributed by atoms with Gasteiger partial charge in [0.05, 0.1) is 0 Å². The maximum Gasteiger partial charge on any atom is 0.303 e. The van der Waals surface area contributed by atoms with E-state index in [-0.39, 0.29) is 17.9 Å². The summed E-state index contributed by atoms with van der Waals surface area (Å²) >= 11 is 0. The van der Waals surface area contributed by atoms with E-state index in [2.05, 4.69) is 13.8 Å². The predicted octanol–water partition coefficient (Wildman–Crippen LogP) is 4.29. The Morgan fingerprint density at radius 3 is 1.67 bits per heavy atom. The van der Waals surface area contributed by atoms with Crippen molar-refractivity contribution in [2.75, 3.05) is 0 Å². The van der Waals surface area contributed by atoms with Crippen LogP contribution in [0.3, 0.4) is 0 Å². The monoisotopic (exact) mass is 328 g/mol. The fraction of sp³-hybridized carbons (Fsp3) is 0.350. The van der Waals surface area contributed by atoms with Crippen molar-refractivity contribution in [2.45, 2.75) is 38.5 Å². The molecule has 0 fully saturated rings. The van der Waals surface area contributed by atoms with Gasteiger partial charge in [-0.2, -0.15) is 0 Å². The second-order valence-electron chi connectivity index (χ2n) is 6.67. The van der Waals surface area contributed by atoms with Gasteiger partial charge < -0.3 is 15.3 Å². The molecule has 4 heteroatoms. The number of benzene rings is 2. The minimum atomic E-state index is -0.833. The fourth-order valence-electron chi connectivity index (χ4n) is 3.37. The summed E-state index contributed by atoms with van der Waals surface area (Å²) in [5.41, 5.74) is 1.47. The van der Waals surface area contributed by atoms with Crippen LogP contribution >= 0.6 is 0 Å². The molecule has 0 amide bonds. The van der Waals surface area contributed by atoms with Gasteiger partial charge in [-0.05, 0) is 54.2 Å². The average molecular weight is 328 g/mol. The smallest absolute Gasteiger partial charge is 0.303 e. The molecule has 4 nitrogen and oxygen atoms in total. The van der Waals surface area contributed by atoms with Crippen LogP contribution in [0.2, 0.25) is 0 Å². The van der Waals surface area contributed by atoms with Crippen molar-refractivity contribution in [3.05, 3.63) is 59.7 Å². The molecule has 0 unspecified atom stereocenters. The Morgan fingerprint density at radius 2 is 1.33 bits per heavy atom. The van der Waals surface area contributed by atoms with Gasteiger partial charge in [-0.1, -0.05) is 38.1 Å². The Bertz CT molecular complexity index is 626. The van der Waals surface area contributed by atoms with Crippen LogP contribution in [0.25, 0.3) is 0 Å². The van der Waals surface area contributed by atoms with Crippen LogP contribution in [0.15, 0.2) is 48.5 Å². The summed E-state index contributed by atoms with van der Waals surface area (Å²) in [6.07, 6.45) is 1.28. The third kappa shape index (κ3) is 4.07. The van der Waals surface area contributed by atoms with Crippen LogP contribution in [-0.4, -0.2) is 21.3 Å². The minimum absolute atomic E-state index is 0.0501. The second kappa shape index (κ2) is 7.39. The van der Waals surface area contributed by atoms with E-state index in [1.807, 2.05) is 24.3 Å². The molecule has 2 rings (SSSR count). The van der Waals surface area contributed by atoms with Crippen molar-refractivity contribution >= 4 is 5.97 Å². The van der Waals surface area contributed by atoms with Crippen LogP contribution in [-0.2, 0) is 10.2 Å². The molecule has 0 aliphatic heterocycles. The maximum atomic E-state index is 11.2. The number of aliphatic carboxylic acids is 1. The van der Waals surface area contributed by atoms with Crippen molar-refractivity contribution in [2.24, 2.45) is 5.92 Å². The number of phenols is 2. The Kier molecular flexibility index (Phi) is 5.50. The van der Waals surface area contributed by atoms with E-state index >= 15 is 0 Å².